The summed E-state index contributed by atoms with van der Waals surface area (Å²) in [6.45, 7) is -0.862. The van der Waals surface area contributed by atoms with Gasteiger partial charge in [-0.05, 0) is 17.7 Å². The molecule has 0 saturated heterocycles. The van der Waals surface area contributed by atoms with Gasteiger partial charge < -0.3 is 36.8 Å². The number of phenols is 1. The average Bonchev–Trinajstić information content (AvgIpc) is 2.59. The number of benzene rings is 1. The number of carbonyl (C=O) groups excluding carboxylic acids is 2. The molecule has 0 saturated carbocycles. The summed E-state index contributed by atoms with van der Waals surface area (Å²) in [6, 6.07) is 1.41. The van der Waals surface area contributed by atoms with Gasteiger partial charge in [0, 0.05) is 6.42 Å². The topological polar surface area (TPSA) is 199 Å². The second-order valence-electron chi connectivity index (χ2n) is 5.72. The van der Waals surface area contributed by atoms with Crippen LogP contribution >= 0.6 is 0 Å². The molecule has 0 aliphatic carbocycles. The number of phenolic OH excluding ortho intramolecular Hbond substituents is 1. The van der Waals surface area contributed by atoms with Gasteiger partial charge in [-0.15, -0.1) is 0 Å². The number of amides is 2. The first-order valence-corrected chi connectivity index (χ1v) is 7.83. The molecular weight excluding hydrogens is 362 g/mol. The van der Waals surface area contributed by atoms with Crippen LogP contribution in [0, 0.1) is 0 Å². The minimum atomic E-state index is -1.58. The summed E-state index contributed by atoms with van der Waals surface area (Å²) in [5, 5.41) is 40.3. The molecule has 0 aromatic heterocycles. The summed E-state index contributed by atoms with van der Waals surface area (Å²) >= 11 is 0. The fourth-order valence-electron chi connectivity index (χ4n) is 2.09. The summed E-state index contributed by atoms with van der Waals surface area (Å²) in [7, 11) is 0. The van der Waals surface area contributed by atoms with Crippen molar-refractivity contribution in [3.63, 3.8) is 0 Å². The number of nitrogens with two attached hydrogens (primary N) is 1. The summed E-state index contributed by atoms with van der Waals surface area (Å²) in [4.78, 5) is 46.0. The number of aromatic hydroxyl groups is 1. The van der Waals surface area contributed by atoms with E-state index in [1.54, 1.807) is 0 Å². The molecular formula is C16H21N3O8. The molecule has 0 bridgehead atoms. The monoisotopic (exact) mass is 383 g/mol. The molecule has 0 aliphatic heterocycles. The van der Waals surface area contributed by atoms with E-state index in [0.717, 1.165) is 0 Å². The van der Waals surface area contributed by atoms with Gasteiger partial charge >= 0.3 is 11.9 Å². The fraction of sp³-hybridized carbons (Fsp3) is 0.375. The Morgan fingerprint density at radius 2 is 1.52 bits per heavy atom. The normalized spacial score (nSPS) is 13.9. The number of carboxylic acid groups (broad SMARTS) is 2. The number of aliphatic hydroxyl groups is 1. The first kappa shape index (κ1) is 21.9. The van der Waals surface area contributed by atoms with Crippen LogP contribution < -0.4 is 16.4 Å². The van der Waals surface area contributed by atoms with Crippen molar-refractivity contribution in [3.05, 3.63) is 29.8 Å². The van der Waals surface area contributed by atoms with Crippen molar-refractivity contribution >= 4 is 23.8 Å². The van der Waals surface area contributed by atoms with E-state index in [2.05, 4.69) is 10.6 Å². The highest BCUT2D eigenvalue weighted by Gasteiger charge is 2.28. The molecule has 0 heterocycles. The zero-order valence-corrected chi connectivity index (χ0v) is 14.2. The molecule has 1 rings (SSSR count). The van der Waals surface area contributed by atoms with E-state index >= 15 is 0 Å². The minimum absolute atomic E-state index is 0.0153. The molecule has 3 atom stereocenters. The highest BCUT2D eigenvalue weighted by atomic mass is 16.4. The van der Waals surface area contributed by atoms with Crippen LogP contribution in [-0.2, 0) is 25.6 Å². The molecule has 1 aromatic rings. The van der Waals surface area contributed by atoms with Gasteiger partial charge in [-0.1, -0.05) is 12.1 Å². The smallest absolute Gasteiger partial charge is 0.328 e. The average molecular weight is 383 g/mol. The molecule has 0 fully saturated rings. The third kappa shape index (κ3) is 7.30. The quantitative estimate of drug-likeness (QED) is 0.234. The van der Waals surface area contributed by atoms with Crippen molar-refractivity contribution in [2.45, 2.75) is 31.0 Å². The molecule has 3 unspecified atom stereocenters. The van der Waals surface area contributed by atoms with Crippen LogP contribution in [-0.4, -0.2) is 68.9 Å². The lowest BCUT2D eigenvalue weighted by molar-refractivity contribution is -0.143. The lowest BCUT2D eigenvalue weighted by Crippen LogP contribution is -2.56. The zero-order chi connectivity index (χ0) is 20.6. The Balaban J connectivity index is 2.95. The molecule has 27 heavy (non-hydrogen) atoms. The lowest BCUT2D eigenvalue weighted by atomic mass is 10.0. The standard InChI is InChI=1S/C16H21N3O8/c17-10(6-13(22)23)14(24)18-11(5-8-1-3-9(21)4-2-8)15(25)19-12(7-20)16(26)27/h1-4,10-12,20-21H,5-7,17H2,(H,18,24)(H,19,25)(H,22,23)(H,26,27). The first-order valence-electron chi connectivity index (χ1n) is 7.83. The van der Waals surface area contributed by atoms with Crippen molar-refractivity contribution in [2.24, 2.45) is 5.73 Å². The van der Waals surface area contributed by atoms with Gasteiger partial charge in [-0.3, -0.25) is 14.4 Å². The van der Waals surface area contributed by atoms with E-state index in [0.29, 0.717) is 5.56 Å². The van der Waals surface area contributed by atoms with Gasteiger partial charge in [-0.2, -0.15) is 0 Å². The van der Waals surface area contributed by atoms with Crippen molar-refractivity contribution < 1.29 is 39.6 Å². The first-order chi connectivity index (χ1) is 12.6. The van der Waals surface area contributed by atoms with E-state index in [1.165, 1.54) is 24.3 Å². The number of aliphatic hydroxyl groups excluding tert-OH is 1. The zero-order valence-electron chi connectivity index (χ0n) is 14.2. The van der Waals surface area contributed by atoms with Crippen molar-refractivity contribution in [3.8, 4) is 5.75 Å². The number of aliphatic carboxylic acids is 2. The Labute approximate surface area is 153 Å². The van der Waals surface area contributed by atoms with Gasteiger partial charge in [-0.25, -0.2) is 4.79 Å². The molecule has 0 spiro atoms. The maximum Gasteiger partial charge on any atom is 0.328 e. The van der Waals surface area contributed by atoms with E-state index in [1.807, 2.05) is 0 Å². The molecule has 0 aliphatic rings. The SMILES string of the molecule is NC(CC(=O)O)C(=O)NC(Cc1ccc(O)cc1)C(=O)NC(CO)C(=O)O. The largest absolute Gasteiger partial charge is 0.508 e. The van der Waals surface area contributed by atoms with Gasteiger partial charge in [0.1, 0.15) is 17.8 Å². The molecule has 11 nitrogen and oxygen atoms in total. The second kappa shape index (κ2) is 10.1. The number of hydrogen-bond acceptors (Lipinski definition) is 7. The Kier molecular flexibility index (Phi) is 8.17. The number of carboxylic acids is 2. The molecule has 1 aromatic carbocycles. The Morgan fingerprint density at radius 3 is 2.00 bits per heavy atom. The predicted molar refractivity (Wildman–Crippen MR) is 90.6 cm³/mol. The molecule has 148 valence electrons. The second-order valence-corrected chi connectivity index (χ2v) is 5.72. The summed E-state index contributed by atoms with van der Waals surface area (Å²) in [5.41, 5.74) is 5.99. The van der Waals surface area contributed by atoms with E-state index in [-0.39, 0.29) is 12.2 Å². The van der Waals surface area contributed by atoms with Crippen LogP contribution in [0.4, 0.5) is 0 Å². The van der Waals surface area contributed by atoms with E-state index in [4.69, 9.17) is 21.1 Å². The number of nitrogens with one attached hydrogen (secondary N) is 2. The van der Waals surface area contributed by atoms with Gasteiger partial charge in [0.15, 0.2) is 0 Å². The van der Waals surface area contributed by atoms with E-state index < -0.39 is 54.9 Å². The maximum absolute atomic E-state index is 12.4. The van der Waals surface area contributed by atoms with Gasteiger partial charge in [0.05, 0.1) is 19.1 Å². The fourth-order valence-corrected chi connectivity index (χ4v) is 2.09. The molecule has 11 heteroatoms. The van der Waals surface area contributed by atoms with Crippen molar-refractivity contribution in [2.75, 3.05) is 6.61 Å². The van der Waals surface area contributed by atoms with Crippen LogP contribution in [0.25, 0.3) is 0 Å². The van der Waals surface area contributed by atoms with Crippen LogP contribution in [0.5, 0.6) is 5.75 Å². The van der Waals surface area contributed by atoms with Crippen LogP contribution in [0.2, 0.25) is 0 Å². The molecule has 2 amide bonds. The number of rotatable bonds is 10. The Morgan fingerprint density at radius 1 is 0.963 bits per heavy atom. The number of hydrogen-bond donors (Lipinski definition) is 7. The maximum atomic E-state index is 12.4. The van der Waals surface area contributed by atoms with Crippen LogP contribution in [0.1, 0.15) is 12.0 Å². The molecule has 0 radical (unpaired) electrons. The van der Waals surface area contributed by atoms with Gasteiger partial charge in [0.2, 0.25) is 11.8 Å². The molecule has 8 N–H and O–H groups in total. The lowest BCUT2D eigenvalue weighted by Gasteiger charge is -2.22. The summed E-state index contributed by atoms with van der Waals surface area (Å²) < 4.78 is 0. The number of carbonyl (C=O) groups is 4. The summed E-state index contributed by atoms with van der Waals surface area (Å²) in [6.07, 6.45) is -0.747. The van der Waals surface area contributed by atoms with Gasteiger partial charge in [0.25, 0.3) is 0 Å². The highest BCUT2D eigenvalue weighted by Crippen LogP contribution is 2.12. The summed E-state index contributed by atoms with van der Waals surface area (Å²) in [5.74, 6) is -4.60. The van der Waals surface area contributed by atoms with Crippen LogP contribution in [0.3, 0.4) is 0 Å². The Bertz CT molecular complexity index is 691. The van der Waals surface area contributed by atoms with Crippen molar-refractivity contribution in [1.82, 2.24) is 10.6 Å². The van der Waals surface area contributed by atoms with Crippen molar-refractivity contribution in [1.29, 1.82) is 0 Å². The van der Waals surface area contributed by atoms with Crippen LogP contribution in [0.15, 0.2) is 24.3 Å². The highest BCUT2D eigenvalue weighted by molar-refractivity contribution is 5.93. The van der Waals surface area contributed by atoms with E-state index in [9.17, 15) is 24.3 Å². The predicted octanol–water partition coefficient (Wildman–Crippen LogP) is -2.22. The minimum Gasteiger partial charge on any atom is -0.508 e. The third-order valence-corrected chi connectivity index (χ3v) is 3.54. The Hall–Kier alpha value is -3.18. The third-order valence-electron chi connectivity index (χ3n) is 3.54.